The number of nitrogens with one attached hydrogen (secondary N) is 1. The minimum atomic E-state index is 0.497. The summed E-state index contributed by atoms with van der Waals surface area (Å²) in [6, 6.07) is 6.93. The van der Waals surface area contributed by atoms with E-state index in [0.717, 1.165) is 29.2 Å². The Labute approximate surface area is 122 Å². The number of anilines is 1. The summed E-state index contributed by atoms with van der Waals surface area (Å²) in [6.07, 6.45) is 7.54. The van der Waals surface area contributed by atoms with Crippen LogP contribution in [0.4, 0.5) is 5.69 Å². The Morgan fingerprint density at radius 1 is 1.30 bits per heavy atom. The molecule has 0 heterocycles. The molecule has 4 atom stereocenters. The SMILES string of the molecule is CCOc1cc(C)ccc1NC(C)C1CC2C=CC1C2. The molecule has 0 saturated heterocycles. The molecule has 2 nitrogen and oxygen atoms in total. The van der Waals surface area contributed by atoms with Crippen LogP contribution in [-0.4, -0.2) is 12.6 Å². The van der Waals surface area contributed by atoms with Crippen LogP contribution in [-0.2, 0) is 0 Å². The summed E-state index contributed by atoms with van der Waals surface area (Å²) in [7, 11) is 0. The van der Waals surface area contributed by atoms with Crippen LogP contribution in [0.5, 0.6) is 5.75 Å². The van der Waals surface area contributed by atoms with Crippen molar-refractivity contribution in [1.82, 2.24) is 0 Å². The molecule has 20 heavy (non-hydrogen) atoms. The molecule has 1 aromatic rings. The first kappa shape index (κ1) is 13.5. The van der Waals surface area contributed by atoms with E-state index in [-0.39, 0.29) is 0 Å². The van der Waals surface area contributed by atoms with Gasteiger partial charge in [-0.3, -0.25) is 0 Å². The Kier molecular flexibility index (Phi) is 3.73. The molecule has 2 aliphatic carbocycles. The second-order valence-corrected chi connectivity index (χ2v) is 6.31. The number of fused-ring (bicyclic) bond motifs is 2. The van der Waals surface area contributed by atoms with Gasteiger partial charge in [-0.25, -0.2) is 0 Å². The van der Waals surface area contributed by atoms with Crippen molar-refractivity contribution in [2.75, 3.05) is 11.9 Å². The monoisotopic (exact) mass is 271 g/mol. The Morgan fingerprint density at radius 2 is 2.15 bits per heavy atom. The second kappa shape index (κ2) is 5.51. The van der Waals surface area contributed by atoms with Crippen LogP contribution in [0.15, 0.2) is 30.4 Å². The molecule has 1 aromatic carbocycles. The Hall–Kier alpha value is -1.44. The van der Waals surface area contributed by atoms with Crippen LogP contribution in [0.1, 0.15) is 32.3 Å². The van der Waals surface area contributed by atoms with Gasteiger partial charge in [0.15, 0.2) is 0 Å². The number of hydrogen-bond acceptors (Lipinski definition) is 2. The van der Waals surface area contributed by atoms with Gasteiger partial charge in [-0.05, 0) is 69.1 Å². The molecule has 108 valence electrons. The Bertz CT molecular complexity index is 508. The van der Waals surface area contributed by atoms with Crippen LogP contribution >= 0.6 is 0 Å². The quantitative estimate of drug-likeness (QED) is 0.801. The van der Waals surface area contributed by atoms with E-state index in [1.54, 1.807) is 0 Å². The summed E-state index contributed by atoms with van der Waals surface area (Å²) in [4.78, 5) is 0. The second-order valence-electron chi connectivity index (χ2n) is 6.31. The lowest BCUT2D eigenvalue weighted by Crippen LogP contribution is -2.29. The molecule has 0 aliphatic heterocycles. The van der Waals surface area contributed by atoms with Gasteiger partial charge in [-0.15, -0.1) is 0 Å². The number of ether oxygens (including phenoxy) is 1. The van der Waals surface area contributed by atoms with E-state index in [1.165, 1.54) is 18.4 Å². The zero-order chi connectivity index (χ0) is 14.1. The van der Waals surface area contributed by atoms with Gasteiger partial charge in [-0.2, -0.15) is 0 Å². The average molecular weight is 271 g/mol. The maximum absolute atomic E-state index is 5.77. The van der Waals surface area contributed by atoms with Crippen LogP contribution in [0.25, 0.3) is 0 Å². The third-order valence-corrected chi connectivity index (χ3v) is 4.79. The first-order valence-electron chi connectivity index (χ1n) is 7.85. The summed E-state index contributed by atoms with van der Waals surface area (Å²) < 4.78 is 5.77. The highest BCUT2D eigenvalue weighted by Crippen LogP contribution is 2.45. The van der Waals surface area contributed by atoms with Crippen molar-refractivity contribution in [1.29, 1.82) is 0 Å². The number of rotatable bonds is 5. The third kappa shape index (κ3) is 2.56. The van der Waals surface area contributed by atoms with Crippen LogP contribution in [0, 0.1) is 24.7 Å². The predicted octanol–water partition coefficient (Wildman–Crippen LogP) is 4.41. The molecule has 1 fully saturated rings. The highest BCUT2D eigenvalue weighted by Gasteiger charge is 2.38. The Balaban J connectivity index is 1.72. The average Bonchev–Trinajstić information content (AvgIpc) is 3.04. The van der Waals surface area contributed by atoms with Gasteiger partial charge in [0.05, 0.1) is 12.3 Å². The fraction of sp³-hybridized carbons (Fsp3) is 0.556. The highest BCUT2D eigenvalue weighted by atomic mass is 16.5. The summed E-state index contributed by atoms with van der Waals surface area (Å²) in [6.45, 7) is 7.17. The fourth-order valence-corrected chi connectivity index (χ4v) is 3.77. The molecule has 1 N–H and O–H groups in total. The van der Waals surface area contributed by atoms with Gasteiger partial charge < -0.3 is 10.1 Å². The number of allylic oxidation sites excluding steroid dienone is 2. The lowest BCUT2D eigenvalue weighted by atomic mass is 9.87. The fourth-order valence-electron chi connectivity index (χ4n) is 3.77. The molecule has 2 aliphatic rings. The van der Waals surface area contributed by atoms with Gasteiger partial charge >= 0.3 is 0 Å². The summed E-state index contributed by atoms with van der Waals surface area (Å²) in [5.74, 6) is 3.36. The molecule has 0 radical (unpaired) electrons. The van der Waals surface area contributed by atoms with Crippen molar-refractivity contribution in [3.05, 3.63) is 35.9 Å². The van der Waals surface area contributed by atoms with Gasteiger partial charge in [0.25, 0.3) is 0 Å². The minimum Gasteiger partial charge on any atom is -0.492 e. The summed E-state index contributed by atoms with van der Waals surface area (Å²) in [5.41, 5.74) is 2.38. The lowest BCUT2D eigenvalue weighted by Gasteiger charge is -2.28. The van der Waals surface area contributed by atoms with Crippen molar-refractivity contribution in [2.45, 2.75) is 39.7 Å². The molecular weight excluding hydrogens is 246 g/mol. The topological polar surface area (TPSA) is 21.3 Å². The molecule has 0 aromatic heterocycles. The molecule has 2 bridgehead atoms. The van der Waals surface area contributed by atoms with Gasteiger partial charge in [-0.1, -0.05) is 18.2 Å². The van der Waals surface area contributed by atoms with Gasteiger partial charge in [0.2, 0.25) is 0 Å². The van der Waals surface area contributed by atoms with Gasteiger partial charge in [0.1, 0.15) is 5.75 Å². The predicted molar refractivity (Wildman–Crippen MR) is 84.3 cm³/mol. The first-order chi connectivity index (χ1) is 9.67. The summed E-state index contributed by atoms with van der Waals surface area (Å²) in [5, 5.41) is 3.69. The Morgan fingerprint density at radius 3 is 2.80 bits per heavy atom. The highest BCUT2D eigenvalue weighted by molar-refractivity contribution is 5.58. The van der Waals surface area contributed by atoms with Crippen LogP contribution < -0.4 is 10.1 Å². The number of benzene rings is 1. The zero-order valence-electron chi connectivity index (χ0n) is 12.7. The van der Waals surface area contributed by atoms with E-state index in [4.69, 9.17) is 4.74 Å². The molecule has 1 saturated carbocycles. The normalized spacial score (nSPS) is 28.6. The smallest absolute Gasteiger partial charge is 0.142 e. The molecule has 2 heteroatoms. The lowest BCUT2D eigenvalue weighted by molar-refractivity contribution is 0.339. The molecular formula is C18H25NO. The maximum atomic E-state index is 5.77. The van der Waals surface area contributed by atoms with E-state index >= 15 is 0 Å². The third-order valence-electron chi connectivity index (χ3n) is 4.79. The van der Waals surface area contributed by atoms with E-state index in [0.29, 0.717) is 12.6 Å². The molecule has 0 spiro atoms. The van der Waals surface area contributed by atoms with Crippen molar-refractivity contribution in [3.63, 3.8) is 0 Å². The van der Waals surface area contributed by atoms with E-state index in [9.17, 15) is 0 Å². The van der Waals surface area contributed by atoms with E-state index in [2.05, 4.69) is 49.5 Å². The molecule has 0 amide bonds. The van der Waals surface area contributed by atoms with Crippen molar-refractivity contribution in [3.8, 4) is 5.75 Å². The number of hydrogen-bond donors (Lipinski definition) is 1. The van der Waals surface area contributed by atoms with Crippen molar-refractivity contribution >= 4 is 5.69 Å². The zero-order valence-corrected chi connectivity index (χ0v) is 12.7. The van der Waals surface area contributed by atoms with Crippen molar-refractivity contribution < 1.29 is 4.74 Å². The van der Waals surface area contributed by atoms with E-state index in [1.807, 2.05) is 6.92 Å². The van der Waals surface area contributed by atoms with Crippen LogP contribution in [0.3, 0.4) is 0 Å². The van der Waals surface area contributed by atoms with Crippen molar-refractivity contribution in [2.24, 2.45) is 17.8 Å². The maximum Gasteiger partial charge on any atom is 0.142 e. The first-order valence-corrected chi connectivity index (χ1v) is 7.85. The largest absolute Gasteiger partial charge is 0.492 e. The molecule has 3 rings (SSSR count). The number of aryl methyl sites for hydroxylation is 1. The van der Waals surface area contributed by atoms with Gasteiger partial charge in [0, 0.05) is 6.04 Å². The minimum absolute atomic E-state index is 0.497. The summed E-state index contributed by atoms with van der Waals surface area (Å²) >= 11 is 0. The van der Waals surface area contributed by atoms with E-state index < -0.39 is 0 Å². The standard InChI is InChI=1S/C18H25NO/c1-4-20-18-9-12(2)5-8-17(18)19-13(3)16-11-14-6-7-15(16)10-14/h5-9,13-16,19H,4,10-11H2,1-3H3. The van der Waals surface area contributed by atoms with Crippen LogP contribution in [0.2, 0.25) is 0 Å². The molecule has 4 unspecified atom stereocenters.